The third-order valence-corrected chi connectivity index (χ3v) is 7.09. The molecular formula is C27H44N8O11. The van der Waals surface area contributed by atoms with Crippen LogP contribution in [0.2, 0.25) is 0 Å². The van der Waals surface area contributed by atoms with Crippen LogP contribution in [0, 0.1) is 5.92 Å². The highest BCUT2D eigenvalue weighted by molar-refractivity contribution is 5.98. The minimum absolute atomic E-state index is 0.0395. The van der Waals surface area contributed by atoms with Crippen LogP contribution in [0.25, 0.3) is 0 Å². The Kier molecular flexibility index (Phi) is 15.5. The van der Waals surface area contributed by atoms with E-state index >= 15 is 0 Å². The van der Waals surface area contributed by atoms with E-state index in [0.717, 1.165) is 4.90 Å². The van der Waals surface area contributed by atoms with Gasteiger partial charge in [0, 0.05) is 19.4 Å². The zero-order chi connectivity index (χ0) is 35.3. The van der Waals surface area contributed by atoms with E-state index < -0.39 is 115 Å². The van der Waals surface area contributed by atoms with E-state index in [1.54, 1.807) is 13.8 Å². The van der Waals surface area contributed by atoms with E-state index in [2.05, 4.69) is 21.3 Å². The maximum Gasteiger partial charge on any atom is 0.326 e. The minimum Gasteiger partial charge on any atom is -0.481 e. The summed E-state index contributed by atoms with van der Waals surface area (Å²) in [6.07, 6.45) is -1.94. The van der Waals surface area contributed by atoms with Crippen LogP contribution in [0.5, 0.6) is 0 Å². The van der Waals surface area contributed by atoms with Crippen LogP contribution >= 0.6 is 0 Å². The Bertz CT molecular complexity index is 1190. The maximum absolute atomic E-state index is 13.7. The molecule has 6 atom stereocenters. The van der Waals surface area contributed by atoms with E-state index in [-0.39, 0.29) is 25.8 Å². The topological polar surface area (TPSA) is 324 Å². The molecule has 0 bridgehead atoms. The molecule has 0 radical (unpaired) electrons. The Morgan fingerprint density at radius 2 is 1.35 bits per heavy atom. The lowest BCUT2D eigenvalue weighted by Gasteiger charge is -2.31. The number of nitrogens with zero attached hydrogens (tertiary/aromatic N) is 1. The fraction of sp³-hybridized carbons (Fsp3) is 0.667. The number of rotatable bonds is 19. The maximum atomic E-state index is 13.7. The number of primary amides is 2. The normalized spacial score (nSPS) is 17.5. The minimum atomic E-state index is -1.67. The van der Waals surface area contributed by atoms with E-state index in [4.69, 9.17) is 22.3 Å². The van der Waals surface area contributed by atoms with Gasteiger partial charge < -0.3 is 53.6 Å². The molecule has 0 aliphatic carbocycles. The van der Waals surface area contributed by atoms with E-state index in [1.165, 1.54) is 6.92 Å². The highest BCUT2D eigenvalue weighted by Gasteiger charge is 2.40. The van der Waals surface area contributed by atoms with Crippen molar-refractivity contribution in [1.29, 1.82) is 0 Å². The van der Waals surface area contributed by atoms with Crippen LogP contribution in [0.4, 0.5) is 0 Å². The zero-order valence-corrected chi connectivity index (χ0v) is 25.9. The summed E-state index contributed by atoms with van der Waals surface area (Å²) in [5.41, 5.74) is 16.1. The molecule has 0 aromatic heterocycles. The summed E-state index contributed by atoms with van der Waals surface area (Å²) in [5, 5.41) is 27.6. The van der Waals surface area contributed by atoms with Crippen molar-refractivity contribution in [3.63, 3.8) is 0 Å². The van der Waals surface area contributed by atoms with Gasteiger partial charge in [-0.25, -0.2) is 4.79 Å². The van der Waals surface area contributed by atoms with Gasteiger partial charge in [-0.3, -0.25) is 38.4 Å². The van der Waals surface area contributed by atoms with Crippen LogP contribution in [-0.2, 0) is 43.2 Å². The van der Waals surface area contributed by atoms with E-state index in [0.29, 0.717) is 6.42 Å². The lowest BCUT2D eigenvalue weighted by atomic mass is 10.0. The molecule has 0 unspecified atom stereocenters. The molecule has 12 N–H and O–H groups in total. The van der Waals surface area contributed by atoms with Crippen molar-refractivity contribution in [2.24, 2.45) is 23.1 Å². The Morgan fingerprint density at radius 1 is 0.761 bits per heavy atom. The Morgan fingerprint density at radius 3 is 1.85 bits per heavy atom. The molecule has 258 valence electrons. The van der Waals surface area contributed by atoms with Gasteiger partial charge in [0.05, 0.1) is 12.5 Å². The first-order chi connectivity index (χ1) is 21.3. The number of hydrogen-bond acceptors (Lipinski definition) is 10. The standard InChI is InChI=1S/C27H44N8O11/c1-12(2)21(34-22(40)13(3)28)25(43)31-14(6-8-18(29)36)26(44)35-10-4-5-17(35)24(42)33-16(11-19(30)37)23(41)32-15(27(45)46)7-9-20(38)39/h12-17,21H,4-11,28H2,1-3H3,(H2,29,36)(H2,30,37)(H,31,43)(H,32,41)(H,33,42)(H,34,40)(H,38,39)(H,45,46)/t13-,14-,15-,16-,17-,21-/m0/s1. The SMILES string of the molecule is CC(C)[C@H](NC(=O)[C@H](C)N)C(=O)N[C@@H](CCC(N)=O)C(=O)N1CCC[C@H]1C(=O)N[C@@H](CC(N)=O)C(=O)N[C@@H](CCC(=O)O)C(=O)O. The van der Waals surface area contributed by atoms with Crippen molar-refractivity contribution in [3.05, 3.63) is 0 Å². The molecule has 19 nitrogen and oxygen atoms in total. The predicted octanol–water partition coefficient (Wildman–Crippen LogP) is -3.99. The van der Waals surface area contributed by atoms with Gasteiger partial charge in [-0.15, -0.1) is 0 Å². The lowest BCUT2D eigenvalue weighted by molar-refractivity contribution is -0.144. The molecule has 0 aromatic carbocycles. The molecule has 46 heavy (non-hydrogen) atoms. The summed E-state index contributed by atoms with van der Waals surface area (Å²) in [7, 11) is 0. The van der Waals surface area contributed by atoms with Crippen LogP contribution in [-0.4, -0.2) is 111 Å². The largest absolute Gasteiger partial charge is 0.481 e. The molecule has 1 aliphatic rings. The van der Waals surface area contributed by atoms with Crippen LogP contribution in [0.1, 0.15) is 65.7 Å². The quantitative estimate of drug-likeness (QED) is 0.0642. The van der Waals surface area contributed by atoms with Crippen molar-refractivity contribution in [2.75, 3.05) is 6.54 Å². The van der Waals surface area contributed by atoms with Gasteiger partial charge in [0.2, 0.25) is 41.4 Å². The first-order valence-electron chi connectivity index (χ1n) is 14.6. The van der Waals surface area contributed by atoms with Crippen molar-refractivity contribution in [1.82, 2.24) is 26.2 Å². The zero-order valence-electron chi connectivity index (χ0n) is 25.9. The number of nitrogens with one attached hydrogen (secondary N) is 4. The summed E-state index contributed by atoms with van der Waals surface area (Å²) in [4.78, 5) is 112. The molecule has 1 heterocycles. The number of hydrogen-bond donors (Lipinski definition) is 9. The summed E-state index contributed by atoms with van der Waals surface area (Å²) in [6, 6.07) is -7.90. The molecule has 1 saturated heterocycles. The molecule has 1 fully saturated rings. The number of carboxylic acids is 2. The summed E-state index contributed by atoms with van der Waals surface area (Å²) < 4.78 is 0. The fourth-order valence-electron chi connectivity index (χ4n) is 4.60. The Labute approximate surface area is 264 Å². The molecule has 1 aliphatic heterocycles. The monoisotopic (exact) mass is 656 g/mol. The molecular weight excluding hydrogens is 612 g/mol. The predicted molar refractivity (Wildman–Crippen MR) is 158 cm³/mol. The molecule has 0 spiro atoms. The van der Waals surface area contributed by atoms with Crippen molar-refractivity contribution in [2.45, 2.75) is 102 Å². The number of likely N-dealkylation sites (tertiary alicyclic amines) is 1. The first-order valence-corrected chi connectivity index (χ1v) is 14.6. The number of carbonyl (C=O) groups is 9. The van der Waals surface area contributed by atoms with Crippen molar-refractivity contribution >= 4 is 53.3 Å². The number of aliphatic carboxylic acids is 2. The smallest absolute Gasteiger partial charge is 0.326 e. The van der Waals surface area contributed by atoms with Crippen LogP contribution in [0.15, 0.2) is 0 Å². The Balaban J connectivity index is 3.19. The fourth-order valence-corrected chi connectivity index (χ4v) is 4.60. The highest BCUT2D eigenvalue weighted by Crippen LogP contribution is 2.20. The second kappa shape index (κ2) is 18.2. The number of nitrogens with two attached hydrogens (primary N) is 3. The third-order valence-electron chi connectivity index (χ3n) is 7.09. The second-order valence-electron chi connectivity index (χ2n) is 11.3. The van der Waals surface area contributed by atoms with Crippen molar-refractivity contribution in [3.8, 4) is 0 Å². The van der Waals surface area contributed by atoms with Gasteiger partial charge >= 0.3 is 11.9 Å². The molecule has 7 amide bonds. The summed E-state index contributed by atoms with van der Waals surface area (Å²) in [6.45, 7) is 4.76. The van der Waals surface area contributed by atoms with Gasteiger partial charge in [0.25, 0.3) is 0 Å². The average Bonchev–Trinajstić information content (AvgIpc) is 3.44. The van der Waals surface area contributed by atoms with Crippen LogP contribution < -0.4 is 38.5 Å². The molecule has 19 heteroatoms. The Hall–Kier alpha value is -4.81. The lowest BCUT2D eigenvalue weighted by Crippen LogP contribution is -2.60. The van der Waals surface area contributed by atoms with Gasteiger partial charge in [0.15, 0.2) is 0 Å². The van der Waals surface area contributed by atoms with Crippen molar-refractivity contribution < 1.29 is 53.4 Å². The van der Waals surface area contributed by atoms with E-state index in [1.807, 2.05) is 0 Å². The summed E-state index contributed by atoms with van der Waals surface area (Å²) in [5.74, 6) is -9.23. The number of amides is 7. The summed E-state index contributed by atoms with van der Waals surface area (Å²) >= 11 is 0. The third kappa shape index (κ3) is 12.7. The van der Waals surface area contributed by atoms with Gasteiger partial charge in [0.1, 0.15) is 30.2 Å². The second-order valence-corrected chi connectivity index (χ2v) is 11.3. The molecule has 0 saturated carbocycles. The highest BCUT2D eigenvalue weighted by atomic mass is 16.4. The molecule has 1 rings (SSSR count). The number of carbonyl (C=O) groups excluding carboxylic acids is 7. The van der Waals surface area contributed by atoms with Crippen LogP contribution in [0.3, 0.4) is 0 Å². The van der Waals surface area contributed by atoms with E-state index in [9.17, 15) is 48.3 Å². The van der Waals surface area contributed by atoms with Gasteiger partial charge in [-0.2, -0.15) is 0 Å². The van der Waals surface area contributed by atoms with Gasteiger partial charge in [-0.1, -0.05) is 13.8 Å². The first kappa shape index (κ1) is 39.2. The molecule has 0 aromatic rings. The van der Waals surface area contributed by atoms with Gasteiger partial charge in [-0.05, 0) is 38.5 Å². The number of carboxylic acid groups (broad SMARTS) is 2. The average molecular weight is 657 g/mol.